The average molecular weight is 399 g/mol. The van der Waals surface area contributed by atoms with Crippen molar-refractivity contribution >= 4 is 23.2 Å². The lowest BCUT2D eigenvalue weighted by Crippen LogP contribution is -2.43. The summed E-state index contributed by atoms with van der Waals surface area (Å²) in [5.41, 5.74) is -0.261. The fourth-order valence-electron chi connectivity index (χ4n) is 4.63. The first-order chi connectivity index (χ1) is 12.8. The first-order valence-corrected chi connectivity index (χ1v) is 9.16. The SMILES string of the molecule is O=C(NO)C1(F)C(c2ccccc2)C1C1C=C(Cl)C2=NCCC(F)(F)C2C1. The van der Waals surface area contributed by atoms with E-state index in [4.69, 9.17) is 16.8 Å². The molecule has 1 fully saturated rings. The third-order valence-electron chi connectivity index (χ3n) is 5.94. The largest absolute Gasteiger partial charge is 0.289 e. The van der Waals surface area contributed by atoms with Crippen LogP contribution in [0, 0.1) is 17.8 Å². The van der Waals surface area contributed by atoms with E-state index in [-0.39, 0.29) is 30.1 Å². The van der Waals surface area contributed by atoms with Gasteiger partial charge in [-0.2, -0.15) is 0 Å². The molecule has 27 heavy (non-hydrogen) atoms. The predicted octanol–water partition coefficient (Wildman–Crippen LogP) is 3.85. The Hall–Kier alpha value is -1.86. The van der Waals surface area contributed by atoms with Gasteiger partial charge in [0.15, 0.2) is 0 Å². The van der Waals surface area contributed by atoms with Crippen molar-refractivity contribution < 1.29 is 23.2 Å². The van der Waals surface area contributed by atoms with Gasteiger partial charge in [-0.15, -0.1) is 0 Å². The molecule has 3 aliphatic rings. The Bertz CT molecular complexity index is 830. The second kappa shape index (κ2) is 6.34. The number of aliphatic imine (C=N–C) groups is 1. The van der Waals surface area contributed by atoms with Crippen LogP contribution in [0.5, 0.6) is 0 Å². The summed E-state index contributed by atoms with van der Waals surface area (Å²) in [6.07, 6.45) is 1.12. The zero-order chi connectivity index (χ0) is 19.4. The molecule has 2 aliphatic carbocycles. The van der Waals surface area contributed by atoms with Crippen LogP contribution >= 0.6 is 11.6 Å². The van der Waals surface area contributed by atoms with E-state index < -0.39 is 41.2 Å². The molecule has 1 aliphatic heterocycles. The lowest BCUT2D eigenvalue weighted by Gasteiger charge is -2.36. The molecule has 1 aromatic rings. The summed E-state index contributed by atoms with van der Waals surface area (Å²) in [5.74, 6) is -7.72. The molecular weight excluding hydrogens is 381 g/mol. The van der Waals surface area contributed by atoms with Crippen molar-refractivity contribution in [3.05, 3.63) is 47.0 Å². The number of nitrogens with one attached hydrogen (secondary N) is 1. The van der Waals surface area contributed by atoms with Crippen LogP contribution in [0.25, 0.3) is 0 Å². The Balaban J connectivity index is 1.71. The number of halogens is 4. The predicted molar refractivity (Wildman–Crippen MR) is 93.8 cm³/mol. The van der Waals surface area contributed by atoms with Crippen LogP contribution in [-0.4, -0.2) is 35.0 Å². The molecule has 1 aromatic carbocycles. The van der Waals surface area contributed by atoms with E-state index in [9.17, 15) is 13.6 Å². The molecule has 5 unspecified atom stereocenters. The number of hydroxylamine groups is 1. The molecule has 1 heterocycles. The number of hydrogen-bond donors (Lipinski definition) is 2. The lowest BCUT2D eigenvalue weighted by molar-refractivity contribution is -0.137. The summed E-state index contributed by atoms with van der Waals surface area (Å²) in [6, 6.07) is 8.55. The Kier molecular flexibility index (Phi) is 4.35. The highest BCUT2D eigenvalue weighted by molar-refractivity contribution is 6.44. The molecule has 1 saturated carbocycles. The van der Waals surface area contributed by atoms with Crippen LogP contribution in [0.4, 0.5) is 13.2 Å². The highest BCUT2D eigenvalue weighted by Gasteiger charge is 2.74. The molecule has 0 aromatic heterocycles. The second-order valence-corrected chi connectivity index (χ2v) is 7.78. The number of fused-ring (bicyclic) bond motifs is 1. The summed E-state index contributed by atoms with van der Waals surface area (Å²) in [7, 11) is 0. The fourth-order valence-corrected chi connectivity index (χ4v) is 4.98. The molecular formula is C19H18ClF3N2O2. The first-order valence-electron chi connectivity index (χ1n) is 8.79. The van der Waals surface area contributed by atoms with Gasteiger partial charge >= 0.3 is 0 Å². The quantitative estimate of drug-likeness (QED) is 0.600. The highest BCUT2D eigenvalue weighted by Crippen LogP contribution is 2.66. The third kappa shape index (κ3) is 2.79. The number of benzene rings is 1. The number of carbonyl (C=O) groups excluding carboxylic acids is 1. The summed E-state index contributed by atoms with van der Waals surface area (Å²) in [5, 5.41) is 9.09. The van der Waals surface area contributed by atoms with Crippen molar-refractivity contribution in [3.63, 3.8) is 0 Å². The van der Waals surface area contributed by atoms with Crippen molar-refractivity contribution in [2.75, 3.05) is 6.54 Å². The molecule has 5 atom stereocenters. The maximum Gasteiger partial charge on any atom is 0.281 e. The number of rotatable bonds is 3. The molecule has 0 radical (unpaired) electrons. The molecule has 0 spiro atoms. The van der Waals surface area contributed by atoms with Gasteiger partial charge in [0.25, 0.3) is 11.8 Å². The van der Waals surface area contributed by atoms with E-state index in [1.807, 2.05) is 0 Å². The molecule has 4 nitrogen and oxygen atoms in total. The van der Waals surface area contributed by atoms with E-state index >= 15 is 4.39 Å². The minimum Gasteiger partial charge on any atom is -0.289 e. The summed E-state index contributed by atoms with van der Waals surface area (Å²) < 4.78 is 44.4. The van der Waals surface area contributed by atoms with E-state index in [1.165, 1.54) is 11.6 Å². The molecule has 8 heteroatoms. The van der Waals surface area contributed by atoms with Crippen LogP contribution in [-0.2, 0) is 4.79 Å². The number of allylic oxidation sites excluding steroid dienone is 2. The van der Waals surface area contributed by atoms with Gasteiger partial charge in [-0.05, 0) is 17.9 Å². The van der Waals surface area contributed by atoms with E-state index in [2.05, 4.69) is 4.99 Å². The van der Waals surface area contributed by atoms with Crippen molar-refractivity contribution in [2.45, 2.75) is 30.4 Å². The van der Waals surface area contributed by atoms with Crippen molar-refractivity contribution in [2.24, 2.45) is 22.7 Å². The Morgan fingerprint density at radius 1 is 1.26 bits per heavy atom. The molecule has 2 N–H and O–H groups in total. The van der Waals surface area contributed by atoms with Gasteiger partial charge in [0.1, 0.15) is 0 Å². The summed E-state index contributed by atoms with van der Waals surface area (Å²) >= 11 is 6.21. The van der Waals surface area contributed by atoms with E-state index in [0.29, 0.717) is 5.56 Å². The fraction of sp³-hybridized carbons (Fsp3) is 0.474. The van der Waals surface area contributed by atoms with Crippen LogP contribution < -0.4 is 5.48 Å². The maximum atomic E-state index is 15.6. The molecule has 0 saturated heterocycles. The van der Waals surface area contributed by atoms with Gasteiger partial charge in [-0.3, -0.25) is 15.0 Å². The monoisotopic (exact) mass is 398 g/mol. The van der Waals surface area contributed by atoms with Gasteiger partial charge in [0.2, 0.25) is 5.67 Å². The topological polar surface area (TPSA) is 61.7 Å². The normalized spacial score (nSPS) is 36.9. The minimum atomic E-state index is -2.97. The zero-order valence-corrected chi connectivity index (χ0v) is 15.0. The maximum absolute atomic E-state index is 15.6. The average Bonchev–Trinajstić information content (AvgIpc) is 3.29. The minimum absolute atomic E-state index is 0.00357. The third-order valence-corrected chi connectivity index (χ3v) is 6.26. The summed E-state index contributed by atoms with van der Waals surface area (Å²) in [6.45, 7) is 0.00357. The van der Waals surface area contributed by atoms with E-state index in [1.54, 1.807) is 30.3 Å². The van der Waals surface area contributed by atoms with Crippen LogP contribution in [0.1, 0.15) is 24.3 Å². The lowest BCUT2D eigenvalue weighted by atomic mass is 9.76. The summed E-state index contributed by atoms with van der Waals surface area (Å²) in [4.78, 5) is 16.2. The van der Waals surface area contributed by atoms with Gasteiger partial charge in [-0.1, -0.05) is 48.0 Å². The van der Waals surface area contributed by atoms with Crippen LogP contribution in [0.3, 0.4) is 0 Å². The van der Waals surface area contributed by atoms with Gasteiger partial charge in [-0.25, -0.2) is 18.7 Å². The molecule has 1 amide bonds. The van der Waals surface area contributed by atoms with E-state index in [0.717, 1.165) is 0 Å². The number of nitrogens with zero attached hydrogens (tertiary/aromatic N) is 1. The van der Waals surface area contributed by atoms with Crippen LogP contribution in [0.15, 0.2) is 46.4 Å². The Morgan fingerprint density at radius 3 is 2.63 bits per heavy atom. The van der Waals surface area contributed by atoms with Crippen molar-refractivity contribution in [1.82, 2.24) is 5.48 Å². The van der Waals surface area contributed by atoms with Crippen molar-refractivity contribution in [3.8, 4) is 0 Å². The van der Waals surface area contributed by atoms with Gasteiger partial charge in [0.05, 0.1) is 16.7 Å². The number of hydrogen-bond acceptors (Lipinski definition) is 3. The van der Waals surface area contributed by atoms with Gasteiger partial charge < -0.3 is 0 Å². The molecule has 4 rings (SSSR count). The molecule has 144 valence electrons. The number of amides is 1. The van der Waals surface area contributed by atoms with Crippen LogP contribution in [0.2, 0.25) is 0 Å². The smallest absolute Gasteiger partial charge is 0.281 e. The van der Waals surface area contributed by atoms with Crippen molar-refractivity contribution in [1.29, 1.82) is 0 Å². The number of alkyl halides is 3. The second-order valence-electron chi connectivity index (χ2n) is 7.37. The standard InChI is InChI=1S/C19H18ClF3N2O2/c20-13-9-11(8-12-16(13)24-7-6-18(12,21)22)15-14(10-4-2-1-3-5-10)19(15,23)17(26)25-27/h1-5,9,11-12,14-15,27H,6-8H2,(H,25,26). The Morgan fingerprint density at radius 2 is 1.96 bits per heavy atom. The van der Waals surface area contributed by atoms with Gasteiger partial charge in [0, 0.05) is 24.8 Å². The first kappa shape index (κ1) is 18.5. The highest BCUT2D eigenvalue weighted by atomic mass is 35.5. The molecule has 0 bridgehead atoms. The number of carbonyl (C=O) groups is 1. The zero-order valence-electron chi connectivity index (χ0n) is 14.2. The Labute approximate surface area is 159 Å².